The molecule has 0 saturated heterocycles. The molecule has 0 aliphatic rings. The van der Waals surface area contributed by atoms with Gasteiger partial charge in [-0.05, 0) is 43.5 Å². The largest absolute Gasteiger partial charge is 0.481 e. The van der Waals surface area contributed by atoms with E-state index < -0.39 is 5.97 Å². The van der Waals surface area contributed by atoms with E-state index in [1.54, 1.807) is 24.3 Å². The van der Waals surface area contributed by atoms with Gasteiger partial charge in [-0.3, -0.25) is 14.4 Å². The van der Waals surface area contributed by atoms with Gasteiger partial charge in [0.2, 0.25) is 5.91 Å². The summed E-state index contributed by atoms with van der Waals surface area (Å²) in [5, 5.41) is 14.5. The third-order valence-electron chi connectivity index (χ3n) is 6.79. The number of carbonyl (C=O) groups is 3. The van der Waals surface area contributed by atoms with E-state index in [0.29, 0.717) is 30.6 Å². The lowest BCUT2D eigenvalue weighted by Crippen LogP contribution is -2.24. The lowest BCUT2D eigenvalue weighted by atomic mass is 10.0. The number of carboxylic acids is 1. The van der Waals surface area contributed by atoms with Crippen molar-refractivity contribution in [3.05, 3.63) is 29.8 Å². The molecular formula is C31H52N2O4. The summed E-state index contributed by atoms with van der Waals surface area (Å²) in [5.74, 6) is -0.910. The fourth-order valence-electron chi connectivity index (χ4n) is 4.47. The van der Waals surface area contributed by atoms with Crippen LogP contribution in [-0.2, 0) is 9.59 Å². The highest BCUT2D eigenvalue weighted by atomic mass is 16.4. The molecule has 0 radical (unpaired) electrons. The van der Waals surface area contributed by atoms with Gasteiger partial charge in [0.25, 0.3) is 5.91 Å². The van der Waals surface area contributed by atoms with Crippen molar-refractivity contribution in [2.45, 2.75) is 135 Å². The molecular weight excluding hydrogens is 464 g/mol. The fourth-order valence-corrected chi connectivity index (χ4v) is 4.47. The second-order valence-electron chi connectivity index (χ2n) is 10.3. The molecule has 0 spiro atoms. The van der Waals surface area contributed by atoms with Crippen LogP contribution in [0.15, 0.2) is 24.3 Å². The average molecular weight is 517 g/mol. The zero-order valence-corrected chi connectivity index (χ0v) is 23.3. The fraction of sp³-hybridized carbons (Fsp3) is 0.710. The summed E-state index contributed by atoms with van der Waals surface area (Å²) >= 11 is 0. The Morgan fingerprint density at radius 3 is 1.59 bits per heavy atom. The number of hydrogen-bond acceptors (Lipinski definition) is 3. The molecule has 37 heavy (non-hydrogen) atoms. The van der Waals surface area contributed by atoms with Gasteiger partial charge in [-0.25, -0.2) is 0 Å². The Kier molecular flexibility index (Phi) is 20.1. The smallest absolute Gasteiger partial charge is 0.303 e. The number of carbonyl (C=O) groups excluding carboxylic acids is 2. The van der Waals surface area contributed by atoms with Crippen LogP contribution in [0.4, 0.5) is 5.69 Å². The van der Waals surface area contributed by atoms with Crippen LogP contribution in [0.3, 0.4) is 0 Å². The summed E-state index contributed by atoms with van der Waals surface area (Å²) in [6.45, 7) is 2.96. The molecule has 0 aliphatic carbocycles. The van der Waals surface area contributed by atoms with Crippen LogP contribution in [0.1, 0.15) is 146 Å². The van der Waals surface area contributed by atoms with Crippen LogP contribution >= 0.6 is 0 Å². The number of anilines is 1. The number of unbranched alkanes of at least 4 members (excludes halogenated alkanes) is 16. The van der Waals surface area contributed by atoms with Gasteiger partial charge in [-0.2, -0.15) is 0 Å². The number of hydrogen-bond donors (Lipinski definition) is 3. The summed E-state index contributed by atoms with van der Waals surface area (Å²) in [6, 6.07) is 6.99. The molecule has 0 saturated carbocycles. The molecule has 0 heterocycles. The zero-order chi connectivity index (χ0) is 27.0. The lowest BCUT2D eigenvalue weighted by Gasteiger charge is -2.08. The Hall–Kier alpha value is -2.37. The van der Waals surface area contributed by atoms with E-state index in [2.05, 4.69) is 17.6 Å². The van der Waals surface area contributed by atoms with Gasteiger partial charge in [0.15, 0.2) is 0 Å². The Morgan fingerprint density at radius 2 is 1.08 bits per heavy atom. The number of aliphatic carboxylic acids is 1. The molecule has 6 heteroatoms. The topological polar surface area (TPSA) is 95.5 Å². The molecule has 0 aromatic heterocycles. The minimum Gasteiger partial charge on any atom is -0.481 e. The van der Waals surface area contributed by atoms with E-state index >= 15 is 0 Å². The molecule has 1 aromatic rings. The zero-order valence-electron chi connectivity index (χ0n) is 23.3. The van der Waals surface area contributed by atoms with Gasteiger partial charge in [0.05, 0.1) is 0 Å². The van der Waals surface area contributed by atoms with Crippen molar-refractivity contribution in [3.8, 4) is 0 Å². The van der Waals surface area contributed by atoms with Crippen molar-refractivity contribution in [2.75, 3.05) is 11.9 Å². The van der Waals surface area contributed by atoms with E-state index in [4.69, 9.17) is 5.11 Å². The number of carboxylic acid groups (broad SMARTS) is 1. The SMILES string of the molecule is CCCCCCCCCCCCCCCCNC(=O)c1ccc(NC(=O)CCCCCCC(=O)O)cc1. The van der Waals surface area contributed by atoms with E-state index in [1.807, 2.05) is 0 Å². The third kappa shape index (κ3) is 19.4. The number of nitrogens with one attached hydrogen (secondary N) is 2. The quantitative estimate of drug-likeness (QED) is 0.120. The Balaban J connectivity index is 2.00. The van der Waals surface area contributed by atoms with Gasteiger partial charge in [-0.15, -0.1) is 0 Å². The summed E-state index contributed by atoms with van der Waals surface area (Å²) in [5.41, 5.74) is 1.28. The number of benzene rings is 1. The highest BCUT2D eigenvalue weighted by molar-refractivity contribution is 5.95. The van der Waals surface area contributed by atoms with Crippen molar-refractivity contribution in [2.24, 2.45) is 0 Å². The summed E-state index contributed by atoms with van der Waals surface area (Å²) in [4.78, 5) is 34.9. The number of amides is 2. The van der Waals surface area contributed by atoms with E-state index in [1.165, 1.54) is 77.0 Å². The summed E-state index contributed by atoms with van der Waals surface area (Å²) in [6.07, 6.45) is 22.2. The summed E-state index contributed by atoms with van der Waals surface area (Å²) < 4.78 is 0. The first-order chi connectivity index (χ1) is 18.0. The van der Waals surface area contributed by atoms with Crippen molar-refractivity contribution < 1.29 is 19.5 Å². The summed E-state index contributed by atoms with van der Waals surface area (Å²) in [7, 11) is 0. The Labute approximate surface area is 225 Å². The van der Waals surface area contributed by atoms with Crippen LogP contribution < -0.4 is 10.6 Å². The minimum absolute atomic E-state index is 0.0618. The van der Waals surface area contributed by atoms with Crippen molar-refractivity contribution >= 4 is 23.5 Å². The lowest BCUT2D eigenvalue weighted by molar-refractivity contribution is -0.137. The maximum Gasteiger partial charge on any atom is 0.303 e. The first-order valence-electron chi connectivity index (χ1n) is 14.9. The third-order valence-corrected chi connectivity index (χ3v) is 6.79. The van der Waals surface area contributed by atoms with Crippen molar-refractivity contribution in [1.82, 2.24) is 5.32 Å². The van der Waals surface area contributed by atoms with Crippen LogP contribution in [-0.4, -0.2) is 29.4 Å². The van der Waals surface area contributed by atoms with Gasteiger partial charge >= 0.3 is 5.97 Å². The molecule has 1 aromatic carbocycles. The first kappa shape index (κ1) is 32.7. The van der Waals surface area contributed by atoms with Crippen LogP contribution in [0.2, 0.25) is 0 Å². The van der Waals surface area contributed by atoms with Crippen molar-refractivity contribution in [3.63, 3.8) is 0 Å². The molecule has 3 N–H and O–H groups in total. The van der Waals surface area contributed by atoms with Crippen LogP contribution in [0, 0.1) is 0 Å². The minimum atomic E-state index is -0.773. The molecule has 2 amide bonds. The molecule has 0 fully saturated rings. The predicted octanol–water partition coefficient (Wildman–Crippen LogP) is 8.26. The molecule has 6 nitrogen and oxygen atoms in total. The Bertz CT molecular complexity index is 733. The van der Waals surface area contributed by atoms with Crippen LogP contribution in [0.5, 0.6) is 0 Å². The second-order valence-corrected chi connectivity index (χ2v) is 10.3. The van der Waals surface area contributed by atoms with Gasteiger partial charge in [-0.1, -0.05) is 103 Å². The maximum absolute atomic E-state index is 12.3. The normalized spacial score (nSPS) is 10.8. The monoisotopic (exact) mass is 516 g/mol. The average Bonchev–Trinajstić information content (AvgIpc) is 2.88. The Morgan fingerprint density at radius 1 is 0.622 bits per heavy atom. The molecule has 210 valence electrons. The maximum atomic E-state index is 12.3. The van der Waals surface area contributed by atoms with Gasteiger partial charge in [0, 0.05) is 30.6 Å². The van der Waals surface area contributed by atoms with Gasteiger partial charge in [0.1, 0.15) is 0 Å². The molecule has 0 atom stereocenters. The predicted molar refractivity (Wildman–Crippen MR) is 153 cm³/mol. The molecule has 0 unspecified atom stereocenters. The molecule has 0 aliphatic heterocycles. The van der Waals surface area contributed by atoms with Crippen molar-refractivity contribution in [1.29, 1.82) is 0 Å². The van der Waals surface area contributed by atoms with Gasteiger partial charge < -0.3 is 15.7 Å². The second kappa shape index (κ2) is 22.8. The van der Waals surface area contributed by atoms with E-state index in [0.717, 1.165) is 32.1 Å². The highest BCUT2D eigenvalue weighted by Gasteiger charge is 2.07. The standard InChI is InChI=1S/C31H52N2O4/c1-2-3-4-5-6-7-8-9-10-11-12-13-16-19-26-32-31(37)27-22-24-28(25-23-27)33-29(34)20-17-14-15-18-21-30(35)36/h22-25H,2-21,26H2,1H3,(H,32,37)(H,33,34)(H,35,36). The first-order valence-corrected chi connectivity index (χ1v) is 14.9. The number of rotatable bonds is 24. The molecule has 1 rings (SSSR count). The van der Waals surface area contributed by atoms with E-state index in [9.17, 15) is 14.4 Å². The van der Waals surface area contributed by atoms with E-state index in [-0.39, 0.29) is 18.2 Å². The van der Waals surface area contributed by atoms with Crippen LogP contribution in [0.25, 0.3) is 0 Å². The molecule has 0 bridgehead atoms. The highest BCUT2D eigenvalue weighted by Crippen LogP contribution is 2.14.